The van der Waals surface area contributed by atoms with Gasteiger partial charge in [0, 0.05) is 26.6 Å². The van der Waals surface area contributed by atoms with Gasteiger partial charge in [-0.1, -0.05) is 55.6 Å². The van der Waals surface area contributed by atoms with Crippen molar-refractivity contribution in [2.45, 2.75) is 49.4 Å². The predicted octanol–water partition coefficient (Wildman–Crippen LogP) is 7.29. The third kappa shape index (κ3) is 7.70. The van der Waals surface area contributed by atoms with Gasteiger partial charge >= 0.3 is 0 Å². The fourth-order valence-corrected chi connectivity index (χ4v) is 8.49. The highest BCUT2D eigenvalue weighted by molar-refractivity contribution is 9.10. The molecule has 0 amide bonds. The van der Waals surface area contributed by atoms with Crippen molar-refractivity contribution in [2.75, 3.05) is 63.2 Å². The van der Waals surface area contributed by atoms with Crippen molar-refractivity contribution < 1.29 is 8.78 Å². The molecule has 3 aliphatic heterocycles. The fraction of sp³-hybridized carbons (Fsp3) is 0.429. The Hall–Kier alpha value is -2.97. The Kier molecular flexibility index (Phi) is 10.8. The molecule has 2 aromatic carbocycles. The molecule has 14 heteroatoms. The van der Waals surface area contributed by atoms with Gasteiger partial charge in [0.2, 0.25) is 11.9 Å². The van der Waals surface area contributed by atoms with Crippen LogP contribution in [-0.2, 0) is 17.3 Å². The molecule has 2 spiro atoms. The summed E-state index contributed by atoms with van der Waals surface area (Å²) in [4.78, 5) is 21.4. The molecule has 5 heterocycles. The van der Waals surface area contributed by atoms with Gasteiger partial charge in [-0.25, -0.2) is 18.7 Å². The first kappa shape index (κ1) is 35.8. The summed E-state index contributed by atoms with van der Waals surface area (Å²) >= 11 is 12.3. The molecule has 2 fully saturated rings. The van der Waals surface area contributed by atoms with Crippen LogP contribution in [0.25, 0.3) is 0 Å². The van der Waals surface area contributed by atoms with Crippen molar-refractivity contribution in [3.63, 3.8) is 0 Å². The Labute approximate surface area is 307 Å². The molecular weight excluding hydrogens is 780 g/mol. The normalized spacial score (nSPS) is 19.1. The first-order valence-electron chi connectivity index (χ1n) is 16.3. The number of aryl methyl sites for hydroxylation is 1. The average molecular weight is 820 g/mol. The van der Waals surface area contributed by atoms with Crippen molar-refractivity contribution in [3.8, 4) is 0 Å². The van der Waals surface area contributed by atoms with E-state index in [2.05, 4.69) is 106 Å². The van der Waals surface area contributed by atoms with Crippen molar-refractivity contribution in [2.24, 2.45) is 0 Å². The molecule has 4 aromatic rings. The maximum atomic E-state index is 14.4. The zero-order valence-electron chi connectivity index (χ0n) is 27.6. The molecule has 0 unspecified atom stereocenters. The lowest BCUT2D eigenvalue weighted by Gasteiger charge is -2.38. The lowest BCUT2D eigenvalue weighted by molar-refractivity contribution is 0.187. The number of fused-ring (bicyclic) bond motifs is 4. The Morgan fingerprint density at radius 1 is 0.735 bits per heavy atom. The summed E-state index contributed by atoms with van der Waals surface area (Å²) in [6.07, 6.45) is 9.51. The summed E-state index contributed by atoms with van der Waals surface area (Å²) in [5.74, 6) is -0.780. The molecule has 2 saturated heterocycles. The summed E-state index contributed by atoms with van der Waals surface area (Å²) in [6, 6.07) is 13.2. The maximum absolute atomic E-state index is 14.4. The number of hydrogen-bond acceptors (Lipinski definition) is 9. The van der Waals surface area contributed by atoms with E-state index < -0.39 is 11.6 Å². The number of nitrogen functional groups attached to an aromatic ring is 2. The molecule has 9 nitrogen and oxygen atoms in total. The average Bonchev–Trinajstić information content (AvgIpc) is 3.58. The van der Waals surface area contributed by atoms with Crippen LogP contribution in [0.4, 0.5) is 32.2 Å². The molecule has 0 bridgehead atoms. The summed E-state index contributed by atoms with van der Waals surface area (Å²) in [5, 5.41) is -0.248. The second-order valence-corrected chi connectivity index (χ2v) is 15.7. The van der Waals surface area contributed by atoms with E-state index in [0.29, 0.717) is 5.41 Å². The number of anilines is 4. The van der Waals surface area contributed by atoms with Gasteiger partial charge in [-0.15, -0.1) is 0 Å². The largest absolute Gasteiger partial charge is 0.368 e. The smallest absolute Gasteiger partial charge is 0.222 e. The van der Waals surface area contributed by atoms with E-state index in [1.54, 1.807) is 11.1 Å². The number of nitrogens with zero attached hydrogens (tertiary/aromatic N) is 7. The van der Waals surface area contributed by atoms with Gasteiger partial charge in [0.15, 0.2) is 22.6 Å². The monoisotopic (exact) mass is 817 g/mol. The minimum Gasteiger partial charge on any atom is -0.368 e. The second-order valence-electron chi connectivity index (χ2n) is 13.5. The van der Waals surface area contributed by atoms with Crippen LogP contribution in [0, 0.1) is 11.6 Å². The van der Waals surface area contributed by atoms with Crippen LogP contribution in [0.2, 0.25) is 5.15 Å². The van der Waals surface area contributed by atoms with E-state index in [-0.39, 0.29) is 28.3 Å². The summed E-state index contributed by atoms with van der Waals surface area (Å²) in [5.41, 5.74) is 16.8. The molecule has 0 atom stereocenters. The molecule has 1 aliphatic carbocycles. The van der Waals surface area contributed by atoms with Crippen molar-refractivity contribution in [1.82, 2.24) is 29.7 Å². The van der Waals surface area contributed by atoms with Crippen LogP contribution in [0.3, 0.4) is 0 Å². The number of halogens is 5. The molecule has 8 rings (SSSR count). The van der Waals surface area contributed by atoms with Gasteiger partial charge in [0.25, 0.3) is 0 Å². The Morgan fingerprint density at radius 3 is 1.90 bits per heavy atom. The lowest BCUT2D eigenvalue weighted by Crippen LogP contribution is -2.43. The van der Waals surface area contributed by atoms with Gasteiger partial charge < -0.3 is 26.2 Å². The summed E-state index contributed by atoms with van der Waals surface area (Å²) in [7, 11) is 4.39. The minimum atomic E-state index is -0.661. The van der Waals surface area contributed by atoms with Gasteiger partial charge in [0.1, 0.15) is 0 Å². The number of benzene rings is 2. The zero-order chi connectivity index (χ0) is 34.9. The van der Waals surface area contributed by atoms with Gasteiger partial charge in [-0.2, -0.15) is 9.97 Å². The third-order valence-corrected chi connectivity index (χ3v) is 11.7. The van der Waals surface area contributed by atoms with Crippen LogP contribution in [0.1, 0.15) is 48.8 Å². The topological polar surface area (TPSA) is 113 Å². The molecule has 260 valence electrons. The minimum absolute atomic E-state index is 0.0265. The Bertz CT molecular complexity index is 1810. The van der Waals surface area contributed by atoms with Crippen LogP contribution in [0.5, 0.6) is 0 Å². The predicted molar refractivity (Wildman–Crippen MR) is 198 cm³/mol. The molecule has 2 aromatic heterocycles. The van der Waals surface area contributed by atoms with Crippen LogP contribution >= 0.6 is 43.5 Å². The quantitative estimate of drug-likeness (QED) is 0.191. The summed E-state index contributed by atoms with van der Waals surface area (Å²) < 4.78 is 28.8. The molecule has 4 N–H and O–H groups in total. The Morgan fingerprint density at radius 2 is 1.29 bits per heavy atom. The molecule has 49 heavy (non-hydrogen) atoms. The Balaban J connectivity index is 0.000000143. The van der Waals surface area contributed by atoms with Gasteiger partial charge in [-0.05, 0) is 125 Å². The van der Waals surface area contributed by atoms with E-state index in [1.807, 2.05) is 11.0 Å². The van der Waals surface area contributed by atoms with Gasteiger partial charge in [-0.3, -0.25) is 0 Å². The van der Waals surface area contributed by atoms with E-state index >= 15 is 0 Å². The first-order valence-corrected chi connectivity index (χ1v) is 18.3. The standard InChI is InChI=1S/C17H19BrFN5.C14H18BrN.C4H3ClFN3/c1-23-6-4-17(5-7-23)10-24(14-8-11(18)2-3-12(14)17)15-13(19)9-21-16(20)22-15;1-16-8-6-14(7-9-16)5-4-11-10-12(15)2-3-13(11)14;5-3-2(6)1-8-4(7)9-3/h2-3,8-9H,4-7,10H2,1H3,(H2,20,21,22);2-3,10H,4-9H2,1H3;1H,(H2,7,8,9). The summed E-state index contributed by atoms with van der Waals surface area (Å²) in [6.45, 7) is 5.32. The molecule has 0 saturated carbocycles. The highest BCUT2D eigenvalue weighted by Crippen LogP contribution is 2.50. The fourth-order valence-electron chi connectivity index (χ4n) is 7.59. The van der Waals surface area contributed by atoms with Crippen LogP contribution in [-0.4, -0.2) is 76.6 Å². The zero-order valence-corrected chi connectivity index (χ0v) is 31.5. The number of hydrogen-bond donors (Lipinski definition) is 2. The number of likely N-dealkylation sites (tertiary alicyclic amines) is 2. The number of rotatable bonds is 1. The first-order chi connectivity index (χ1) is 23.4. The molecular formula is C35H40Br2ClF2N9. The van der Waals surface area contributed by atoms with E-state index in [9.17, 15) is 8.78 Å². The lowest BCUT2D eigenvalue weighted by atomic mass is 9.74. The van der Waals surface area contributed by atoms with E-state index in [1.165, 1.54) is 48.8 Å². The van der Waals surface area contributed by atoms with E-state index in [4.69, 9.17) is 23.1 Å². The highest BCUT2D eigenvalue weighted by atomic mass is 79.9. The maximum Gasteiger partial charge on any atom is 0.222 e. The van der Waals surface area contributed by atoms with E-state index in [0.717, 1.165) is 55.0 Å². The van der Waals surface area contributed by atoms with Crippen LogP contribution < -0.4 is 16.4 Å². The van der Waals surface area contributed by atoms with Crippen molar-refractivity contribution in [3.05, 3.63) is 91.2 Å². The second kappa shape index (κ2) is 14.7. The van der Waals surface area contributed by atoms with Crippen molar-refractivity contribution in [1.29, 1.82) is 0 Å². The molecule has 0 radical (unpaired) electrons. The van der Waals surface area contributed by atoms with Gasteiger partial charge in [0.05, 0.1) is 12.4 Å². The third-order valence-electron chi connectivity index (χ3n) is 10.4. The SMILES string of the molecule is CN1CCC2(CC1)CN(c1nc(N)ncc1F)c1cc(Br)ccc12.CN1CCC2(CCc3cc(Br)ccc32)CC1.Nc1ncc(F)c(Cl)n1. The number of nitrogens with two attached hydrogens (primary N) is 2. The number of aromatic nitrogens is 4. The number of piperidine rings is 2. The van der Waals surface area contributed by atoms with Crippen LogP contribution in [0.15, 0.2) is 57.7 Å². The van der Waals surface area contributed by atoms with Crippen molar-refractivity contribution >= 4 is 66.9 Å². The molecule has 4 aliphatic rings. The highest BCUT2D eigenvalue weighted by Gasteiger charge is 2.45.